The molecule has 0 saturated carbocycles. The third-order valence-electron chi connectivity index (χ3n) is 5.55. The van der Waals surface area contributed by atoms with Crippen LogP contribution < -0.4 is 10.5 Å². The summed E-state index contributed by atoms with van der Waals surface area (Å²) >= 11 is 7.57. The number of carbonyl (C=O) groups excluding carboxylic acids is 1. The number of thioether (sulfide) groups is 1. The van der Waals surface area contributed by atoms with Gasteiger partial charge in [0.1, 0.15) is 0 Å². The largest absolute Gasteiger partial charge is 0.368 e. The van der Waals surface area contributed by atoms with Gasteiger partial charge in [-0.25, -0.2) is 4.98 Å². The highest BCUT2D eigenvalue weighted by molar-refractivity contribution is 7.98. The van der Waals surface area contributed by atoms with Crippen LogP contribution in [0.1, 0.15) is 16.8 Å². The Labute approximate surface area is 196 Å². The van der Waals surface area contributed by atoms with Crippen molar-refractivity contribution in [2.75, 3.05) is 31.1 Å². The molecule has 1 aliphatic rings. The van der Waals surface area contributed by atoms with Crippen LogP contribution in [-0.4, -0.2) is 47.0 Å². The number of benzene rings is 2. The maximum Gasteiger partial charge on any atom is 0.255 e. The quantitative estimate of drug-likeness (QED) is 0.438. The molecule has 1 fully saturated rings. The number of nitrogens with one attached hydrogen (secondary N) is 1. The summed E-state index contributed by atoms with van der Waals surface area (Å²) in [5, 5.41) is 1.27. The highest BCUT2D eigenvalue weighted by Gasteiger charge is 2.23. The molecule has 0 spiro atoms. The number of aryl methyl sites for hydroxylation is 1. The second kappa shape index (κ2) is 10.2. The number of amides is 1. The van der Waals surface area contributed by atoms with Crippen LogP contribution in [0, 0.1) is 6.92 Å². The minimum Gasteiger partial charge on any atom is -0.368 e. The Bertz CT molecular complexity index is 1140. The Morgan fingerprint density at radius 3 is 2.53 bits per heavy atom. The van der Waals surface area contributed by atoms with Gasteiger partial charge in [-0.05, 0) is 30.7 Å². The Morgan fingerprint density at radius 2 is 1.84 bits per heavy atom. The lowest BCUT2D eigenvalue weighted by Crippen LogP contribution is -2.49. The molecule has 0 unspecified atom stereocenters. The Balaban J connectivity index is 1.35. The summed E-state index contributed by atoms with van der Waals surface area (Å²) in [5.41, 5.74) is 3.03. The minimum atomic E-state index is -0.237. The summed E-state index contributed by atoms with van der Waals surface area (Å²) in [5.74, 6) is 0.675. The molecule has 1 saturated heterocycles. The Hall–Kier alpha value is -2.77. The molecular weight excluding hydrogens is 444 g/mol. The van der Waals surface area contributed by atoms with E-state index in [0.717, 1.165) is 30.1 Å². The molecule has 3 aromatic rings. The summed E-state index contributed by atoms with van der Waals surface area (Å²) in [4.78, 5) is 36.9. The predicted molar refractivity (Wildman–Crippen MR) is 130 cm³/mol. The number of rotatable bonds is 6. The Kier molecular flexibility index (Phi) is 7.17. The summed E-state index contributed by atoms with van der Waals surface area (Å²) < 4.78 is 0. The first-order valence-electron chi connectivity index (χ1n) is 10.5. The fourth-order valence-electron chi connectivity index (χ4n) is 3.74. The average Bonchev–Trinajstić information content (AvgIpc) is 2.81. The molecule has 0 bridgehead atoms. The number of anilines is 1. The van der Waals surface area contributed by atoms with Crippen LogP contribution in [0.25, 0.3) is 0 Å². The predicted octanol–water partition coefficient (Wildman–Crippen LogP) is 3.92. The number of hydrogen-bond donors (Lipinski definition) is 1. The lowest BCUT2D eigenvalue weighted by molar-refractivity contribution is -0.130. The molecule has 8 heteroatoms. The standard InChI is InChI=1S/C24H25ClN4O2S/c1-17-21(23(31)27-24(26-17)32-16-18-6-3-2-4-7-18)15-22(30)29-12-10-28(11-13-29)20-9-5-8-19(25)14-20/h2-9,14H,10-13,15-16H2,1H3,(H,26,27,31). The molecule has 1 aliphatic heterocycles. The van der Waals surface area contributed by atoms with E-state index >= 15 is 0 Å². The van der Waals surface area contributed by atoms with Crippen molar-refractivity contribution in [1.82, 2.24) is 14.9 Å². The third kappa shape index (κ3) is 5.53. The molecule has 1 N–H and O–H groups in total. The van der Waals surface area contributed by atoms with Gasteiger partial charge in [0.2, 0.25) is 5.91 Å². The van der Waals surface area contributed by atoms with Gasteiger partial charge in [0, 0.05) is 53.9 Å². The summed E-state index contributed by atoms with van der Waals surface area (Å²) in [6.45, 7) is 4.48. The molecule has 0 atom stereocenters. The normalized spacial score (nSPS) is 13.9. The van der Waals surface area contributed by atoms with Crippen molar-refractivity contribution in [3.05, 3.63) is 86.8 Å². The maximum absolute atomic E-state index is 12.9. The molecule has 0 aliphatic carbocycles. The zero-order chi connectivity index (χ0) is 22.5. The van der Waals surface area contributed by atoms with E-state index in [-0.39, 0.29) is 17.9 Å². The van der Waals surface area contributed by atoms with Gasteiger partial charge in [-0.15, -0.1) is 0 Å². The number of H-pyrrole nitrogens is 1. The molecular formula is C24H25ClN4O2S. The number of nitrogens with zero attached hydrogens (tertiary/aromatic N) is 3. The zero-order valence-electron chi connectivity index (χ0n) is 17.9. The fourth-order valence-corrected chi connectivity index (χ4v) is 4.78. The monoisotopic (exact) mass is 468 g/mol. The van der Waals surface area contributed by atoms with Crippen LogP contribution in [0.15, 0.2) is 64.5 Å². The van der Waals surface area contributed by atoms with E-state index in [1.807, 2.05) is 59.5 Å². The smallest absolute Gasteiger partial charge is 0.255 e. The van der Waals surface area contributed by atoms with Gasteiger partial charge in [0.15, 0.2) is 5.16 Å². The van der Waals surface area contributed by atoms with Crippen molar-refractivity contribution in [2.24, 2.45) is 0 Å². The number of hydrogen-bond acceptors (Lipinski definition) is 5. The van der Waals surface area contributed by atoms with E-state index in [9.17, 15) is 9.59 Å². The number of carbonyl (C=O) groups is 1. The molecule has 1 amide bonds. The summed E-state index contributed by atoms with van der Waals surface area (Å²) in [6, 6.07) is 17.8. The van der Waals surface area contributed by atoms with E-state index in [0.29, 0.717) is 34.5 Å². The van der Waals surface area contributed by atoms with Crippen LogP contribution >= 0.6 is 23.4 Å². The molecule has 32 heavy (non-hydrogen) atoms. The summed E-state index contributed by atoms with van der Waals surface area (Å²) in [6.07, 6.45) is 0.0644. The number of aromatic amines is 1. The van der Waals surface area contributed by atoms with Gasteiger partial charge in [-0.3, -0.25) is 9.59 Å². The summed E-state index contributed by atoms with van der Waals surface area (Å²) in [7, 11) is 0. The van der Waals surface area contributed by atoms with Crippen molar-refractivity contribution < 1.29 is 4.79 Å². The van der Waals surface area contributed by atoms with E-state index in [4.69, 9.17) is 11.6 Å². The SMILES string of the molecule is Cc1nc(SCc2ccccc2)[nH]c(=O)c1CC(=O)N1CCN(c2cccc(Cl)c2)CC1. The Morgan fingerprint density at radius 1 is 1.09 bits per heavy atom. The van der Waals surface area contributed by atoms with Crippen LogP contribution in [0.2, 0.25) is 5.02 Å². The first-order chi connectivity index (χ1) is 15.5. The maximum atomic E-state index is 12.9. The topological polar surface area (TPSA) is 69.3 Å². The van der Waals surface area contributed by atoms with E-state index in [1.165, 1.54) is 11.8 Å². The van der Waals surface area contributed by atoms with Crippen molar-refractivity contribution >= 4 is 35.0 Å². The molecule has 6 nitrogen and oxygen atoms in total. The minimum absolute atomic E-state index is 0.0455. The van der Waals surface area contributed by atoms with Crippen LogP contribution in [0.4, 0.5) is 5.69 Å². The van der Waals surface area contributed by atoms with Gasteiger partial charge in [-0.1, -0.05) is 59.8 Å². The second-order valence-electron chi connectivity index (χ2n) is 7.73. The second-order valence-corrected chi connectivity index (χ2v) is 9.13. The first kappa shape index (κ1) is 22.4. The van der Waals surface area contributed by atoms with Gasteiger partial charge in [-0.2, -0.15) is 0 Å². The highest BCUT2D eigenvalue weighted by atomic mass is 35.5. The van der Waals surface area contributed by atoms with Crippen molar-refractivity contribution in [3.8, 4) is 0 Å². The van der Waals surface area contributed by atoms with Gasteiger partial charge < -0.3 is 14.8 Å². The molecule has 4 rings (SSSR count). The third-order valence-corrected chi connectivity index (χ3v) is 6.73. The van der Waals surface area contributed by atoms with E-state index in [1.54, 1.807) is 6.92 Å². The van der Waals surface area contributed by atoms with E-state index in [2.05, 4.69) is 14.9 Å². The van der Waals surface area contributed by atoms with Crippen LogP contribution in [0.5, 0.6) is 0 Å². The van der Waals surface area contributed by atoms with Gasteiger partial charge in [0.05, 0.1) is 6.42 Å². The molecule has 166 valence electrons. The van der Waals surface area contributed by atoms with Crippen molar-refractivity contribution in [3.63, 3.8) is 0 Å². The van der Waals surface area contributed by atoms with Crippen molar-refractivity contribution in [2.45, 2.75) is 24.3 Å². The number of halogens is 1. The van der Waals surface area contributed by atoms with Crippen LogP contribution in [-0.2, 0) is 17.0 Å². The lowest BCUT2D eigenvalue weighted by atomic mass is 10.1. The zero-order valence-corrected chi connectivity index (χ0v) is 19.5. The highest BCUT2D eigenvalue weighted by Crippen LogP contribution is 2.21. The average molecular weight is 469 g/mol. The molecule has 1 aromatic heterocycles. The first-order valence-corrected chi connectivity index (χ1v) is 11.9. The lowest BCUT2D eigenvalue weighted by Gasteiger charge is -2.36. The number of piperazine rings is 1. The molecule has 0 radical (unpaired) electrons. The van der Waals surface area contributed by atoms with Gasteiger partial charge in [0.25, 0.3) is 5.56 Å². The van der Waals surface area contributed by atoms with Crippen molar-refractivity contribution in [1.29, 1.82) is 0 Å². The molecule has 2 heterocycles. The fraction of sp³-hybridized carbons (Fsp3) is 0.292. The molecule has 2 aromatic carbocycles. The van der Waals surface area contributed by atoms with Crippen LogP contribution in [0.3, 0.4) is 0 Å². The van der Waals surface area contributed by atoms with Gasteiger partial charge >= 0.3 is 0 Å². The number of aromatic nitrogens is 2. The van der Waals surface area contributed by atoms with E-state index < -0.39 is 0 Å².